The fraction of sp³-hybridized carbons (Fsp3) is 0.143. The Morgan fingerprint density at radius 2 is 1.72 bits per heavy atom. The van der Waals surface area contributed by atoms with Crippen molar-refractivity contribution in [1.82, 2.24) is 0 Å². The Kier molecular flexibility index (Phi) is 4.95. The van der Waals surface area contributed by atoms with Gasteiger partial charge in [0.1, 0.15) is 0 Å². The summed E-state index contributed by atoms with van der Waals surface area (Å²) in [7, 11) is 0. The van der Waals surface area contributed by atoms with E-state index in [-0.39, 0.29) is 0 Å². The molecule has 2 nitrogen and oxygen atoms in total. The number of ether oxygens (including phenoxy) is 1. The van der Waals surface area contributed by atoms with Crippen molar-refractivity contribution >= 4 is 31.9 Å². The van der Waals surface area contributed by atoms with Crippen LogP contribution in [0.5, 0.6) is 0 Å². The fourth-order valence-corrected chi connectivity index (χ4v) is 2.24. The van der Waals surface area contributed by atoms with Crippen LogP contribution in [-0.2, 0) is 11.3 Å². The number of halogens is 2. The highest BCUT2D eigenvalue weighted by Crippen LogP contribution is 2.20. The number of benzene rings is 2. The third kappa shape index (κ3) is 3.92. The Labute approximate surface area is 123 Å². The van der Waals surface area contributed by atoms with Gasteiger partial charge in [-0.15, -0.1) is 0 Å². The molecule has 18 heavy (non-hydrogen) atoms. The minimum atomic E-state index is -0.905. The molecule has 0 heterocycles. The van der Waals surface area contributed by atoms with Gasteiger partial charge in [0.15, 0.2) is 6.29 Å². The standard InChI is InChI=1S/C14H12Br2O2/c15-12-6-4-11(5-7-12)14(17)18-9-10-2-1-3-13(16)8-10/h1-8,14,17H,9H2. The van der Waals surface area contributed by atoms with Crippen molar-refractivity contribution in [1.29, 1.82) is 0 Å². The number of hydrogen-bond donors (Lipinski definition) is 1. The van der Waals surface area contributed by atoms with Gasteiger partial charge in [0, 0.05) is 14.5 Å². The molecular formula is C14H12Br2O2. The molecule has 0 aliphatic heterocycles. The molecule has 0 saturated heterocycles. The van der Waals surface area contributed by atoms with Crippen molar-refractivity contribution in [3.05, 3.63) is 68.6 Å². The summed E-state index contributed by atoms with van der Waals surface area (Å²) in [5, 5.41) is 9.89. The van der Waals surface area contributed by atoms with E-state index in [4.69, 9.17) is 4.74 Å². The van der Waals surface area contributed by atoms with E-state index in [1.54, 1.807) is 0 Å². The van der Waals surface area contributed by atoms with Crippen LogP contribution in [0.2, 0.25) is 0 Å². The van der Waals surface area contributed by atoms with Gasteiger partial charge in [0.05, 0.1) is 6.61 Å². The molecule has 0 fully saturated rings. The minimum absolute atomic E-state index is 0.372. The molecule has 0 amide bonds. The molecule has 0 spiro atoms. The van der Waals surface area contributed by atoms with Crippen LogP contribution in [-0.4, -0.2) is 5.11 Å². The van der Waals surface area contributed by atoms with Crippen molar-refractivity contribution in [2.75, 3.05) is 0 Å². The first-order chi connectivity index (χ1) is 8.65. The topological polar surface area (TPSA) is 29.5 Å². The highest BCUT2D eigenvalue weighted by molar-refractivity contribution is 9.10. The summed E-state index contributed by atoms with van der Waals surface area (Å²) < 4.78 is 7.41. The van der Waals surface area contributed by atoms with Crippen molar-refractivity contribution in [3.63, 3.8) is 0 Å². The van der Waals surface area contributed by atoms with Gasteiger partial charge >= 0.3 is 0 Å². The van der Waals surface area contributed by atoms with E-state index in [9.17, 15) is 5.11 Å². The van der Waals surface area contributed by atoms with Gasteiger partial charge in [-0.1, -0.05) is 56.1 Å². The van der Waals surface area contributed by atoms with Crippen LogP contribution < -0.4 is 0 Å². The van der Waals surface area contributed by atoms with Gasteiger partial charge in [-0.3, -0.25) is 0 Å². The van der Waals surface area contributed by atoms with Crippen molar-refractivity contribution in [2.45, 2.75) is 12.9 Å². The Morgan fingerprint density at radius 3 is 2.39 bits per heavy atom. The lowest BCUT2D eigenvalue weighted by Crippen LogP contribution is -2.03. The largest absolute Gasteiger partial charge is 0.364 e. The van der Waals surface area contributed by atoms with E-state index < -0.39 is 6.29 Å². The summed E-state index contributed by atoms with van der Waals surface area (Å²) in [4.78, 5) is 0. The average molecular weight is 372 g/mol. The first-order valence-electron chi connectivity index (χ1n) is 5.45. The number of aliphatic hydroxyl groups is 1. The summed E-state index contributed by atoms with van der Waals surface area (Å²) in [6, 6.07) is 15.2. The smallest absolute Gasteiger partial charge is 0.181 e. The van der Waals surface area contributed by atoms with E-state index in [1.807, 2.05) is 48.5 Å². The number of rotatable bonds is 4. The van der Waals surface area contributed by atoms with Crippen LogP contribution in [0.25, 0.3) is 0 Å². The van der Waals surface area contributed by atoms with Crippen LogP contribution in [0.1, 0.15) is 17.4 Å². The first kappa shape index (κ1) is 13.7. The highest BCUT2D eigenvalue weighted by atomic mass is 79.9. The molecule has 0 aromatic heterocycles. The van der Waals surface area contributed by atoms with Crippen LogP contribution >= 0.6 is 31.9 Å². The lowest BCUT2D eigenvalue weighted by molar-refractivity contribution is -0.111. The van der Waals surface area contributed by atoms with E-state index in [0.717, 1.165) is 20.1 Å². The normalized spacial score (nSPS) is 12.4. The Hall–Kier alpha value is -0.680. The van der Waals surface area contributed by atoms with Crippen molar-refractivity contribution in [3.8, 4) is 0 Å². The molecule has 2 aromatic carbocycles. The van der Waals surface area contributed by atoms with Crippen molar-refractivity contribution < 1.29 is 9.84 Å². The van der Waals surface area contributed by atoms with Gasteiger partial charge in [-0.05, 0) is 29.8 Å². The van der Waals surface area contributed by atoms with E-state index in [1.165, 1.54) is 0 Å². The number of hydrogen-bond acceptors (Lipinski definition) is 2. The van der Waals surface area contributed by atoms with Crippen LogP contribution in [0, 0.1) is 0 Å². The second kappa shape index (κ2) is 6.48. The molecule has 0 aliphatic carbocycles. The van der Waals surface area contributed by atoms with E-state index >= 15 is 0 Å². The molecule has 1 atom stereocenters. The molecule has 0 bridgehead atoms. The molecule has 0 saturated carbocycles. The summed E-state index contributed by atoms with van der Waals surface area (Å²) in [5.41, 5.74) is 1.76. The highest BCUT2D eigenvalue weighted by Gasteiger charge is 2.07. The maximum Gasteiger partial charge on any atom is 0.181 e. The van der Waals surface area contributed by atoms with Gasteiger partial charge in [0.2, 0.25) is 0 Å². The fourth-order valence-electron chi connectivity index (χ4n) is 1.53. The molecule has 94 valence electrons. The van der Waals surface area contributed by atoms with Crippen LogP contribution in [0.15, 0.2) is 57.5 Å². The predicted octanol–water partition coefficient (Wildman–Crippen LogP) is 4.42. The monoisotopic (exact) mass is 370 g/mol. The second-order valence-corrected chi connectivity index (χ2v) is 5.68. The maximum absolute atomic E-state index is 9.89. The summed E-state index contributed by atoms with van der Waals surface area (Å²) >= 11 is 6.75. The first-order valence-corrected chi connectivity index (χ1v) is 7.03. The van der Waals surface area contributed by atoms with Gasteiger partial charge in [-0.25, -0.2) is 0 Å². The molecule has 1 N–H and O–H groups in total. The SMILES string of the molecule is OC(OCc1cccc(Br)c1)c1ccc(Br)cc1. The van der Waals surface area contributed by atoms with Crippen molar-refractivity contribution in [2.24, 2.45) is 0 Å². The summed E-state index contributed by atoms with van der Waals surface area (Å²) in [6.45, 7) is 0.372. The van der Waals surface area contributed by atoms with Crippen LogP contribution in [0.3, 0.4) is 0 Å². The lowest BCUT2D eigenvalue weighted by Gasteiger charge is -2.12. The molecule has 0 radical (unpaired) electrons. The number of aliphatic hydroxyl groups excluding tert-OH is 1. The summed E-state index contributed by atoms with van der Waals surface area (Å²) in [6.07, 6.45) is -0.905. The molecule has 4 heteroatoms. The van der Waals surface area contributed by atoms with Crippen LogP contribution in [0.4, 0.5) is 0 Å². The zero-order chi connectivity index (χ0) is 13.0. The second-order valence-electron chi connectivity index (χ2n) is 3.84. The van der Waals surface area contributed by atoms with E-state index in [0.29, 0.717) is 6.61 Å². The Bertz CT molecular complexity index is 511. The summed E-state index contributed by atoms with van der Waals surface area (Å²) in [5.74, 6) is 0. The molecule has 0 aliphatic rings. The maximum atomic E-state index is 9.89. The molecule has 1 unspecified atom stereocenters. The zero-order valence-electron chi connectivity index (χ0n) is 9.51. The third-order valence-corrected chi connectivity index (χ3v) is 3.47. The predicted molar refractivity (Wildman–Crippen MR) is 78.0 cm³/mol. The van der Waals surface area contributed by atoms with E-state index in [2.05, 4.69) is 31.9 Å². The van der Waals surface area contributed by atoms with Gasteiger partial charge < -0.3 is 9.84 Å². The average Bonchev–Trinajstić information content (AvgIpc) is 2.37. The molecule has 2 rings (SSSR count). The lowest BCUT2D eigenvalue weighted by atomic mass is 10.2. The van der Waals surface area contributed by atoms with Gasteiger partial charge in [0.25, 0.3) is 0 Å². The molecule has 2 aromatic rings. The zero-order valence-corrected chi connectivity index (χ0v) is 12.7. The Balaban J connectivity index is 1.96. The third-order valence-electron chi connectivity index (χ3n) is 2.45. The Morgan fingerprint density at radius 1 is 1.00 bits per heavy atom. The quantitative estimate of drug-likeness (QED) is 0.806. The van der Waals surface area contributed by atoms with Gasteiger partial charge in [-0.2, -0.15) is 0 Å². The minimum Gasteiger partial charge on any atom is -0.364 e. The molecular weight excluding hydrogens is 360 g/mol.